The number of oxime groups is 1. The van der Waals surface area contributed by atoms with Crippen molar-refractivity contribution in [1.29, 1.82) is 0 Å². The zero-order valence-corrected chi connectivity index (χ0v) is 12.8. The lowest BCUT2D eigenvalue weighted by atomic mass is 10.1. The van der Waals surface area contributed by atoms with Crippen LogP contribution in [0.3, 0.4) is 0 Å². The van der Waals surface area contributed by atoms with Crippen molar-refractivity contribution in [1.82, 2.24) is 5.43 Å². The minimum Gasteiger partial charge on any atom is -0.449 e. The number of rotatable bonds is 5. The largest absolute Gasteiger partial charge is 0.449 e. The summed E-state index contributed by atoms with van der Waals surface area (Å²) in [6, 6.07) is 5.33. The number of hydrogen-bond donors (Lipinski definition) is 3. The fourth-order valence-electron chi connectivity index (χ4n) is 1.49. The maximum absolute atomic E-state index is 11.2. The number of nitrogens with zero attached hydrogens (tertiary/aromatic N) is 2. The van der Waals surface area contributed by atoms with E-state index in [-0.39, 0.29) is 22.9 Å². The van der Waals surface area contributed by atoms with Crippen LogP contribution >= 0.6 is 0 Å². The average molecular weight is 328 g/mol. The van der Waals surface area contributed by atoms with Crippen molar-refractivity contribution in [3.8, 4) is 0 Å². The van der Waals surface area contributed by atoms with Gasteiger partial charge in [-0.2, -0.15) is 5.10 Å². The molecule has 0 saturated heterocycles. The minimum absolute atomic E-state index is 0.0535. The Kier molecular flexibility index (Phi) is 6.01. The van der Waals surface area contributed by atoms with Crippen molar-refractivity contribution in [2.75, 3.05) is 6.61 Å². The lowest BCUT2D eigenvalue weighted by molar-refractivity contribution is 0.152. The van der Waals surface area contributed by atoms with Crippen LogP contribution in [0.5, 0.6) is 0 Å². The highest BCUT2D eigenvalue weighted by Gasteiger charge is 2.12. The monoisotopic (exact) mass is 328 g/mol. The molecule has 0 aliphatic rings. The molecule has 0 saturated carbocycles. The zero-order valence-electron chi connectivity index (χ0n) is 12.0. The van der Waals surface area contributed by atoms with E-state index in [1.807, 2.05) is 0 Å². The van der Waals surface area contributed by atoms with E-state index in [1.165, 1.54) is 31.2 Å². The van der Waals surface area contributed by atoms with Crippen LogP contribution < -0.4 is 10.6 Å². The number of carbonyl (C=O) groups excluding carboxylic acids is 1. The number of nitrogens with two attached hydrogens (primary N) is 1. The maximum atomic E-state index is 11.2. The fraction of sp³-hybridized carbons (Fsp3) is 0.250. The van der Waals surface area contributed by atoms with Gasteiger partial charge in [-0.05, 0) is 26.0 Å². The van der Waals surface area contributed by atoms with Crippen molar-refractivity contribution >= 4 is 27.5 Å². The van der Waals surface area contributed by atoms with Gasteiger partial charge in [0.15, 0.2) is 0 Å². The molecule has 1 amide bonds. The summed E-state index contributed by atoms with van der Waals surface area (Å²) in [5.41, 5.74) is 2.76. The van der Waals surface area contributed by atoms with Gasteiger partial charge in [0.1, 0.15) is 5.71 Å². The SMILES string of the molecule is CCOC(=O)N/N=C(C)/C(=N\O)c1ccc(S(N)(=O)=O)cc1. The third kappa shape index (κ3) is 4.82. The average Bonchev–Trinajstić information content (AvgIpc) is 2.46. The molecule has 0 heterocycles. The first-order valence-electron chi connectivity index (χ1n) is 6.12. The van der Waals surface area contributed by atoms with Gasteiger partial charge in [-0.3, -0.25) is 0 Å². The first-order valence-corrected chi connectivity index (χ1v) is 7.67. The smallest absolute Gasteiger partial charge is 0.427 e. The molecule has 0 unspecified atom stereocenters. The van der Waals surface area contributed by atoms with Crippen LogP contribution in [0.15, 0.2) is 39.4 Å². The third-order valence-electron chi connectivity index (χ3n) is 2.49. The molecular formula is C12H16N4O5S. The van der Waals surface area contributed by atoms with E-state index in [2.05, 4.69) is 20.4 Å². The zero-order chi connectivity index (χ0) is 16.8. The van der Waals surface area contributed by atoms with Gasteiger partial charge in [0, 0.05) is 5.56 Å². The molecule has 0 aromatic heterocycles. The molecule has 10 heteroatoms. The van der Waals surface area contributed by atoms with Crippen LogP contribution in [0.2, 0.25) is 0 Å². The number of primary sulfonamides is 1. The standard InChI is InChI=1S/C12H16N4O5S/c1-3-21-12(17)15-14-8(2)11(16-18)9-4-6-10(7-5-9)22(13,19)20/h4-7,18H,3H2,1-2H3,(H,15,17)(H2,13,19,20)/b14-8+,16-11+. The number of nitrogens with one attached hydrogen (secondary N) is 1. The van der Waals surface area contributed by atoms with Crippen molar-refractivity contribution < 1.29 is 23.2 Å². The Labute approximate surface area is 127 Å². The molecule has 0 bridgehead atoms. The predicted molar refractivity (Wildman–Crippen MR) is 79.4 cm³/mol. The van der Waals surface area contributed by atoms with Gasteiger partial charge in [-0.15, -0.1) is 0 Å². The molecule has 4 N–H and O–H groups in total. The van der Waals surface area contributed by atoms with E-state index in [9.17, 15) is 13.2 Å². The molecule has 9 nitrogen and oxygen atoms in total. The van der Waals surface area contributed by atoms with Gasteiger partial charge in [-0.1, -0.05) is 17.3 Å². The molecule has 120 valence electrons. The highest BCUT2D eigenvalue weighted by molar-refractivity contribution is 7.89. The number of amides is 1. The van der Waals surface area contributed by atoms with Crippen molar-refractivity contribution in [2.24, 2.45) is 15.4 Å². The summed E-state index contributed by atoms with van der Waals surface area (Å²) in [5.74, 6) is 0. The highest BCUT2D eigenvalue weighted by atomic mass is 32.2. The van der Waals surface area contributed by atoms with Gasteiger partial charge in [0.2, 0.25) is 10.0 Å². The Morgan fingerprint density at radius 1 is 1.36 bits per heavy atom. The van der Waals surface area contributed by atoms with Crippen LogP contribution in [-0.4, -0.2) is 37.7 Å². The Morgan fingerprint density at radius 2 is 1.95 bits per heavy atom. The molecule has 0 atom stereocenters. The number of carbonyl (C=O) groups is 1. The van der Waals surface area contributed by atoms with Crippen molar-refractivity contribution in [3.63, 3.8) is 0 Å². The number of hydrogen-bond acceptors (Lipinski definition) is 7. The summed E-state index contributed by atoms with van der Waals surface area (Å²) in [5, 5.41) is 20.9. The highest BCUT2D eigenvalue weighted by Crippen LogP contribution is 2.10. The van der Waals surface area contributed by atoms with Crippen LogP contribution in [0.1, 0.15) is 19.4 Å². The fourth-order valence-corrected chi connectivity index (χ4v) is 2.00. The minimum atomic E-state index is -3.81. The first kappa shape index (κ1) is 17.6. The number of sulfonamides is 1. The van der Waals surface area contributed by atoms with E-state index in [4.69, 9.17) is 10.3 Å². The molecule has 1 aromatic rings. The number of hydrazone groups is 1. The summed E-state index contributed by atoms with van der Waals surface area (Å²) in [4.78, 5) is 11.1. The summed E-state index contributed by atoms with van der Waals surface area (Å²) in [6.07, 6.45) is -0.747. The molecule has 1 rings (SSSR count). The van der Waals surface area contributed by atoms with E-state index in [0.717, 1.165) is 0 Å². The predicted octanol–water partition coefficient (Wildman–Crippen LogP) is 0.634. The second-order valence-corrected chi connectivity index (χ2v) is 5.61. The second-order valence-electron chi connectivity index (χ2n) is 4.05. The van der Waals surface area contributed by atoms with E-state index < -0.39 is 16.1 Å². The normalized spacial score (nSPS) is 12.9. The molecule has 22 heavy (non-hydrogen) atoms. The second kappa shape index (κ2) is 7.52. The number of benzene rings is 1. The van der Waals surface area contributed by atoms with Gasteiger partial charge in [0.05, 0.1) is 17.2 Å². The quantitative estimate of drug-likeness (QED) is 0.412. The molecule has 0 aliphatic carbocycles. The van der Waals surface area contributed by atoms with Crippen LogP contribution in [0.4, 0.5) is 4.79 Å². The van der Waals surface area contributed by atoms with E-state index >= 15 is 0 Å². The Hall–Kier alpha value is -2.46. The van der Waals surface area contributed by atoms with Crippen molar-refractivity contribution in [2.45, 2.75) is 18.7 Å². The summed E-state index contributed by atoms with van der Waals surface area (Å²) < 4.78 is 27.0. The van der Waals surface area contributed by atoms with Crippen molar-refractivity contribution in [3.05, 3.63) is 29.8 Å². The first-order chi connectivity index (χ1) is 10.3. The van der Waals surface area contributed by atoms with E-state index in [0.29, 0.717) is 5.56 Å². The van der Waals surface area contributed by atoms with Crippen LogP contribution in [0, 0.1) is 0 Å². The molecule has 0 spiro atoms. The summed E-state index contributed by atoms with van der Waals surface area (Å²) >= 11 is 0. The Morgan fingerprint density at radius 3 is 2.41 bits per heavy atom. The molecule has 0 radical (unpaired) electrons. The van der Waals surface area contributed by atoms with E-state index in [1.54, 1.807) is 6.92 Å². The van der Waals surface area contributed by atoms with Gasteiger partial charge < -0.3 is 9.94 Å². The van der Waals surface area contributed by atoms with Gasteiger partial charge in [-0.25, -0.2) is 23.8 Å². The molecule has 1 aromatic carbocycles. The molecule has 0 fully saturated rings. The summed E-state index contributed by atoms with van der Waals surface area (Å²) in [6.45, 7) is 3.33. The van der Waals surface area contributed by atoms with Gasteiger partial charge >= 0.3 is 6.09 Å². The van der Waals surface area contributed by atoms with Crippen LogP contribution in [-0.2, 0) is 14.8 Å². The maximum Gasteiger partial charge on any atom is 0.427 e. The lowest BCUT2D eigenvalue weighted by Crippen LogP contribution is -2.23. The van der Waals surface area contributed by atoms with Gasteiger partial charge in [0.25, 0.3) is 0 Å². The number of ether oxygens (including phenoxy) is 1. The third-order valence-corrected chi connectivity index (χ3v) is 3.42. The summed E-state index contributed by atoms with van der Waals surface area (Å²) in [7, 11) is -3.81. The Bertz CT molecular complexity index is 695. The lowest BCUT2D eigenvalue weighted by Gasteiger charge is -2.06. The Balaban J connectivity index is 2.97. The topological polar surface area (TPSA) is 143 Å². The van der Waals surface area contributed by atoms with Crippen LogP contribution in [0.25, 0.3) is 0 Å². The molecular weight excluding hydrogens is 312 g/mol. The molecule has 0 aliphatic heterocycles.